The molecule has 22 heavy (non-hydrogen) atoms. The third-order valence-corrected chi connectivity index (χ3v) is 5.22. The van der Waals surface area contributed by atoms with Crippen molar-refractivity contribution in [3.8, 4) is 0 Å². The molecule has 1 fully saturated rings. The summed E-state index contributed by atoms with van der Waals surface area (Å²) in [5.74, 6) is -0.165. The minimum Gasteiger partial charge on any atom is -0.383 e. The summed E-state index contributed by atoms with van der Waals surface area (Å²) in [6.07, 6.45) is 2.57. The first-order chi connectivity index (χ1) is 10.7. The van der Waals surface area contributed by atoms with Gasteiger partial charge in [-0.1, -0.05) is 74.0 Å². The topological polar surface area (TPSA) is 26.3 Å². The summed E-state index contributed by atoms with van der Waals surface area (Å²) < 4.78 is 5.00. The molecule has 1 aliphatic rings. The van der Waals surface area contributed by atoms with Crippen LogP contribution >= 0.6 is 16.3 Å². The molecule has 0 bridgehead atoms. The largest absolute Gasteiger partial charge is 0.383 e. The van der Waals surface area contributed by atoms with E-state index >= 15 is 0 Å². The average molecular weight is 359 g/mol. The zero-order valence-corrected chi connectivity index (χ0v) is 14.2. The Morgan fingerprint density at radius 2 is 1.55 bits per heavy atom. The Balaban J connectivity index is 2.17. The summed E-state index contributed by atoms with van der Waals surface area (Å²) >= 11 is 2.91. The highest BCUT2D eigenvalue weighted by atomic mass is 79.9. The quantitative estimate of drug-likeness (QED) is 0.750. The maximum atomic E-state index is 12.6. The molecule has 1 saturated carbocycles. The molecular formula is C19H19BrO2. The third kappa shape index (κ3) is 2.11. The van der Waals surface area contributed by atoms with E-state index in [4.69, 9.17) is 3.83 Å². The van der Waals surface area contributed by atoms with Crippen LogP contribution < -0.4 is 0 Å². The average Bonchev–Trinajstić information content (AvgIpc) is 3.27. The summed E-state index contributed by atoms with van der Waals surface area (Å²) in [6, 6.07) is 20.6. The van der Waals surface area contributed by atoms with Crippen LogP contribution in [0, 0.1) is 5.41 Å². The SMILES string of the molecule is CCCC1(C(=O)OBr)CC1(c1ccccc1)c1ccccc1. The summed E-state index contributed by atoms with van der Waals surface area (Å²) in [5.41, 5.74) is 1.62. The van der Waals surface area contributed by atoms with Crippen LogP contribution in [0.3, 0.4) is 0 Å². The van der Waals surface area contributed by atoms with Crippen LogP contribution in [-0.2, 0) is 14.0 Å². The predicted octanol–water partition coefficient (Wildman–Crippen LogP) is 5.02. The molecule has 3 heteroatoms. The van der Waals surface area contributed by atoms with Crippen LogP contribution in [0.1, 0.15) is 37.3 Å². The first-order valence-electron chi connectivity index (χ1n) is 7.65. The number of hydrogen-bond donors (Lipinski definition) is 0. The molecule has 114 valence electrons. The minimum atomic E-state index is -0.478. The van der Waals surface area contributed by atoms with Gasteiger partial charge in [0.15, 0.2) is 16.3 Å². The van der Waals surface area contributed by atoms with E-state index in [0.29, 0.717) is 0 Å². The highest BCUT2D eigenvalue weighted by Gasteiger charge is 2.73. The summed E-state index contributed by atoms with van der Waals surface area (Å²) in [6.45, 7) is 2.11. The molecule has 2 aromatic carbocycles. The van der Waals surface area contributed by atoms with Crippen molar-refractivity contribution in [2.75, 3.05) is 0 Å². The van der Waals surface area contributed by atoms with Gasteiger partial charge < -0.3 is 3.83 Å². The van der Waals surface area contributed by atoms with E-state index in [2.05, 4.69) is 47.4 Å². The molecule has 1 atom stereocenters. The van der Waals surface area contributed by atoms with Crippen LogP contribution in [-0.4, -0.2) is 5.97 Å². The fourth-order valence-corrected chi connectivity index (χ4v) is 4.24. The lowest BCUT2D eigenvalue weighted by Crippen LogP contribution is -2.28. The second-order valence-electron chi connectivity index (χ2n) is 6.01. The van der Waals surface area contributed by atoms with E-state index in [-0.39, 0.29) is 11.4 Å². The van der Waals surface area contributed by atoms with E-state index < -0.39 is 5.41 Å². The van der Waals surface area contributed by atoms with Crippen molar-refractivity contribution in [2.45, 2.75) is 31.6 Å². The number of halogens is 1. The van der Waals surface area contributed by atoms with Crippen molar-refractivity contribution in [1.82, 2.24) is 0 Å². The molecule has 2 nitrogen and oxygen atoms in total. The molecule has 0 aliphatic heterocycles. The number of benzene rings is 2. The smallest absolute Gasteiger partial charge is 0.324 e. The van der Waals surface area contributed by atoms with Gasteiger partial charge in [0.05, 0.1) is 5.41 Å². The van der Waals surface area contributed by atoms with E-state index in [9.17, 15) is 4.79 Å². The van der Waals surface area contributed by atoms with E-state index in [0.717, 1.165) is 19.3 Å². The van der Waals surface area contributed by atoms with Crippen molar-refractivity contribution in [1.29, 1.82) is 0 Å². The third-order valence-electron chi connectivity index (χ3n) is 4.93. The highest BCUT2D eigenvalue weighted by molar-refractivity contribution is 9.06. The van der Waals surface area contributed by atoms with Crippen LogP contribution in [0.15, 0.2) is 60.7 Å². The lowest BCUT2D eigenvalue weighted by atomic mass is 9.78. The number of carbonyl (C=O) groups is 1. The van der Waals surface area contributed by atoms with Gasteiger partial charge in [0.25, 0.3) is 0 Å². The number of carbonyl (C=O) groups excluding carboxylic acids is 1. The van der Waals surface area contributed by atoms with E-state index in [1.807, 2.05) is 36.4 Å². The zero-order valence-electron chi connectivity index (χ0n) is 12.6. The van der Waals surface area contributed by atoms with Gasteiger partial charge in [-0.3, -0.25) is 4.79 Å². The van der Waals surface area contributed by atoms with Crippen molar-refractivity contribution >= 4 is 22.2 Å². The fourth-order valence-electron chi connectivity index (χ4n) is 3.93. The van der Waals surface area contributed by atoms with Crippen LogP contribution in [0.25, 0.3) is 0 Å². The van der Waals surface area contributed by atoms with Crippen molar-refractivity contribution < 1.29 is 8.62 Å². The molecule has 0 heterocycles. The van der Waals surface area contributed by atoms with Gasteiger partial charge in [-0.25, -0.2) is 0 Å². The van der Waals surface area contributed by atoms with Crippen molar-refractivity contribution in [3.05, 3.63) is 71.8 Å². The van der Waals surface area contributed by atoms with Gasteiger partial charge in [-0.15, -0.1) is 0 Å². The molecule has 1 unspecified atom stereocenters. The maximum absolute atomic E-state index is 12.6. The summed E-state index contributed by atoms with van der Waals surface area (Å²) in [7, 11) is 0. The van der Waals surface area contributed by atoms with Gasteiger partial charge in [-0.2, -0.15) is 0 Å². The van der Waals surface area contributed by atoms with E-state index in [1.54, 1.807) is 0 Å². The Labute approximate surface area is 140 Å². The Morgan fingerprint density at radius 1 is 1.05 bits per heavy atom. The standard InChI is InChI=1S/C19H19BrO2/c1-2-13-18(17(21)22-20)14-19(18,15-9-5-3-6-10-15)16-11-7-4-8-12-16/h3-12H,2,13-14H2,1H3. The zero-order chi connectivity index (χ0) is 15.6. The molecule has 0 spiro atoms. The Kier molecular flexibility index (Phi) is 4.09. The van der Waals surface area contributed by atoms with Gasteiger partial charge in [0, 0.05) is 5.41 Å². The molecule has 2 aromatic rings. The minimum absolute atomic E-state index is 0.165. The molecular weight excluding hydrogens is 340 g/mol. The van der Waals surface area contributed by atoms with Gasteiger partial charge >= 0.3 is 5.97 Å². The molecule has 0 amide bonds. The molecule has 1 aliphatic carbocycles. The second kappa shape index (κ2) is 5.88. The second-order valence-corrected chi connectivity index (χ2v) is 6.33. The lowest BCUT2D eigenvalue weighted by molar-refractivity contribution is -0.139. The Morgan fingerprint density at radius 3 is 1.95 bits per heavy atom. The van der Waals surface area contributed by atoms with Gasteiger partial charge in [0.1, 0.15) is 0 Å². The van der Waals surface area contributed by atoms with E-state index in [1.165, 1.54) is 11.1 Å². The summed E-state index contributed by atoms with van der Waals surface area (Å²) in [5, 5.41) is 0. The highest BCUT2D eigenvalue weighted by Crippen LogP contribution is 2.71. The Bertz CT molecular complexity index is 614. The van der Waals surface area contributed by atoms with Gasteiger partial charge in [0.2, 0.25) is 0 Å². The van der Waals surface area contributed by atoms with Crippen LogP contribution in [0.5, 0.6) is 0 Å². The molecule has 0 radical (unpaired) electrons. The molecule has 0 aromatic heterocycles. The van der Waals surface area contributed by atoms with Crippen molar-refractivity contribution in [2.24, 2.45) is 5.41 Å². The predicted molar refractivity (Wildman–Crippen MR) is 90.6 cm³/mol. The normalized spacial score (nSPS) is 22.1. The fraction of sp³-hybridized carbons (Fsp3) is 0.316. The summed E-state index contributed by atoms with van der Waals surface area (Å²) in [4.78, 5) is 12.6. The van der Waals surface area contributed by atoms with Gasteiger partial charge in [-0.05, 0) is 24.0 Å². The first-order valence-corrected chi connectivity index (χ1v) is 8.30. The monoisotopic (exact) mass is 358 g/mol. The molecule has 0 N–H and O–H groups in total. The Hall–Kier alpha value is -1.61. The van der Waals surface area contributed by atoms with Crippen molar-refractivity contribution in [3.63, 3.8) is 0 Å². The maximum Gasteiger partial charge on any atom is 0.324 e. The molecule has 3 rings (SSSR count). The number of hydrogen-bond acceptors (Lipinski definition) is 2. The number of rotatable bonds is 5. The van der Waals surface area contributed by atoms with Crippen LogP contribution in [0.4, 0.5) is 0 Å². The lowest BCUT2D eigenvalue weighted by Gasteiger charge is -2.25. The molecule has 0 saturated heterocycles. The first kappa shape index (κ1) is 15.3. The van der Waals surface area contributed by atoms with Crippen LogP contribution in [0.2, 0.25) is 0 Å².